The zero-order valence-electron chi connectivity index (χ0n) is 16.6. The zero-order chi connectivity index (χ0) is 20.5. The van der Waals surface area contributed by atoms with Crippen molar-refractivity contribution in [2.45, 2.75) is 20.4 Å². The van der Waals surface area contributed by atoms with Crippen molar-refractivity contribution in [2.24, 2.45) is 0 Å². The zero-order valence-corrected chi connectivity index (χ0v) is 16.6. The number of anilines is 1. The molecule has 0 bridgehead atoms. The van der Waals surface area contributed by atoms with Crippen LogP contribution in [0.3, 0.4) is 0 Å². The van der Waals surface area contributed by atoms with Crippen molar-refractivity contribution < 1.29 is 9.34 Å². The van der Waals surface area contributed by atoms with Gasteiger partial charge in [-0.15, -0.1) is 0 Å². The van der Waals surface area contributed by atoms with Gasteiger partial charge in [-0.3, -0.25) is 15.0 Å². The van der Waals surface area contributed by atoms with E-state index < -0.39 is 0 Å². The molecule has 0 atom stereocenters. The van der Waals surface area contributed by atoms with Gasteiger partial charge in [0, 0.05) is 50.2 Å². The Kier molecular flexibility index (Phi) is 5.07. The van der Waals surface area contributed by atoms with Crippen molar-refractivity contribution in [3.05, 3.63) is 79.7 Å². The number of aryl methyl sites for hydroxylation is 2. The van der Waals surface area contributed by atoms with Crippen LogP contribution in [0.2, 0.25) is 0 Å². The van der Waals surface area contributed by atoms with E-state index in [0.717, 1.165) is 35.2 Å². The maximum atomic E-state index is 12.0. The van der Waals surface area contributed by atoms with E-state index >= 15 is 0 Å². The van der Waals surface area contributed by atoms with Crippen molar-refractivity contribution in [3.63, 3.8) is 0 Å². The number of hydrogen-bond acceptors (Lipinski definition) is 6. The largest absolute Gasteiger partial charge is 0.423 e. The molecule has 7 heteroatoms. The first kappa shape index (κ1) is 19.1. The molecule has 1 fully saturated rings. The van der Waals surface area contributed by atoms with Crippen molar-refractivity contribution in [3.8, 4) is 0 Å². The van der Waals surface area contributed by atoms with E-state index in [4.69, 9.17) is 4.42 Å². The fourth-order valence-electron chi connectivity index (χ4n) is 3.89. The summed E-state index contributed by atoms with van der Waals surface area (Å²) in [7, 11) is 0. The Balaban J connectivity index is 1.53. The molecule has 0 amide bonds. The quantitative estimate of drug-likeness (QED) is 0.382. The molecule has 1 aliphatic rings. The van der Waals surface area contributed by atoms with Crippen LogP contribution in [0.25, 0.3) is 11.0 Å². The van der Waals surface area contributed by atoms with Crippen molar-refractivity contribution in [2.75, 3.05) is 31.1 Å². The first-order chi connectivity index (χ1) is 13.9. The number of piperazine rings is 1. The maximum Gasteiger partial charge on any atom is 0.336 e. The van der Waals surface area contributed by atoms with E-state index in [1.54, 1.807) is 24.3 Å². The van der Waals surface area contributed by atoms with Gasteiger partial charge in [0.2, 0.25) is 0 Å². The lowest BCUT2D eigenvalue weighted by molar-refractivity contribution is -0.384. The second kappa shape index (κ2) is 7.67. The third-order valence-electron chi connectivity index (χ3n) is 5.63. The van der Waals surface area contributed by atoms with Crippen molar-refractivity contribution >= 4 is 22.3 Å². The van der Waals surface area contributed by atoms with Gasteiger partial charge in [0.15, 0.2) is 0 Å². The minimum absolute atomic E-state index is 0.137. The van der Waals surface area contributed by atoms with Gasteiger partial charge >= 0.3 is 5.63 Å². The third-order valence-corrected chi connectivity index (χ3v) is 5.63. The number of fused-ring (bicyclic) bond motifs is 1. The smallest absolute Gasteiger partial charge is 0.336 e. The highest BCUT2D eigenvalue weighted by Gasteiger charge is 2.23. The lowest BCUT2D eigenvalue weighted by Crippen LogP contribution is -2.46. The van der Waals surface area contributed by atoms with Crippen LogP contribution in [0.4, 0.5) is 11.4 Å². The van der Waals surface area contributed by atoms with E-state index in [1.165, 1.54) is 0 Å². The molecule has 2 heterocycles. The Morgan fingerprint density at radius 2 is 1.72 bits per heavy atom. The van der Waals surface area contributed by atoms with Crippen LogP contribution in [0.5, 0.6) is 0 Å². The van der Waals surface area contributed by atoms with Crippen LogP contribution < -0.4 is 10.5 Å². The second-order valence-electron chi connectivity index (χ2n) is 7.53. The molecule has 3 aromatic rings. The van der Waals surface area contributed by atoms with Gasteiger partial charge in [-0.1, -0.05) is 12.1 Å². The monoisotopic (exact) mass is 393 g/mol. The summed E-state index contributed by atoms with van der Waals surface area (Å²) < 4.78 is 5.39. The van der Waals surface area contributed by atoms with Crippen molar-refractivity contribution in [1.82, 2.24) is 4.90 Å². The highest BCUT2D eigenvalue weighted by Crippen LogP contribution is 2.29. The van der Waals surface area contributed by atoms with Crippen LogP contribution in [0, 0.1) is 24.0 Å². The Bertz CT molecular complexity index is 1130. The highest BCUT2D eigenvalue weighted by atomic mass is 16.6. The molecule has 29 heavy (non-hydrogen) atoms. The van der Waals surface area contributed by atoms with Crippen LogP contribution in [0.15, 0.2) is 51.7 Å². The molecule has 7 nitrogen and oxygen atoms in total. The predicted molar refractivity (Wildman–Crippen MR) is 113 cm³/mol. The van der Waals surface area contributed by atoms with Gasteiger partial charge in [-0.25, -0.2) is 4.79 Å². The van der Waals surface area contributed by atoms with E-state index in [1.807, 2.05) is 19.1 Å². The van der Waals surface area contributed by atoms with Gasteiger partial charge < -0.3 is 9.32 Å². The summed E-state index contributed by atoms with van der Waals surface area (Å²) in [6.45, 7) is 7.62. The van der Waals surface area contributed by atoms with E-state index in [0.29, 0.717) is 30.9 Å². The summed E-state index contributed by atoms with van der Waals surface area (Å²) >= 11 is 0. The lowest BCUT2D eigenvalue weighted by atomic mass is 10.0. The van der Waals surface area contributed by atoms with E-state index in [-0.39, 0.29) is 16.2 Å². The Morgan fingerprint density at radius 3 is 2.45 bits per heavy atom. The molecule has 2 aromatic carbocycles. The number of nitro groups is 1. The number of nitro benzene ring substituents is 1. The van der Waals surface area contributed by atoms with Crippen LogP contribution in [-0.2, 0) is 6.54 Å². The molecule has 0 saturated carbocycles. The Morgan fingerprint density at radius 1 is 1.03 bits per heavy atom. The first-order valence-corrected chi connectivity index (χ1v) is 9.67. The normalized spacial score (nSPS) is 15.0. The summed E-state index contributed by atoms with van der Waals surface area (Å²) in [5.74, 6) is 0. The fourth-order valence-corrected chi connectivity index (χ4v) is 3.89. The molecule has 4 rings (SSSR count). The second-order valence-corrected chi connectivity index (χ2v) is 7.53. The lowest BCUT2D eigenvalue weighted by Gasteiger charge is -2.35. The SMILES string of the molecule is Cc1cc2oc(=O)cc(CN3CCN(c4ccccc4[N+](=O)[O-])CC3)c2cc1C. The van der Waals surface area contributed by atoms with E-state index in [2.05, 4.69) is 22.8 Å². The maximum absolute atomic E-state index is 12.0. The molecule has 0 aliphatic carbocycles. The Labute approximate surface area is 168 Å². The van der Waals surface area contributed by atoms with Crippen LogP contribution >= 0.6 is 0 Å². The molecule has 1 aromatic heterocycles. The van der Waals surface area contributed by atoms with Gasteiger partial charge in [-0.05, 0) is 48.7 Å². The third kappa shape index (κ3) is 3.86. The first-order valence-electron chi connectivity index (χ1n) is 9.67. The molecule has 150 valence electrons. The van der Waals surface area contributed by atoms with E-state index in [9.17, 15) is 14.9 Å². The molecule has 1 saturated heterocycles. The van der Waals surface area contributed by atoms with Gasteiger partial charge in [-0.2, -0.15) is 0 Å². The molecule has 1 aliphatic heterocycles. The molecule has 0 radical (unpaired) electrons. The number of para-hydroxylation sites is 2. The Hall–Kier alpha value is -3.19. The summed E-state index contributed by atoms with van der Waals surface area (Å²) in [6, 6.07) is 12.4. The standard InChI is InChI=1S/C22H23N3O4/c1-15-11-18-17(13-22(26)29-21(18)12-16(15)2)14-23-7-9-24(10-8-23)19-5-3-4-6-20(19)25(27)28/h3-6,11-13H,7-10,14H2,1-2H3. The van der Waals surface area contributed by atoms with Crippen molar-refractivity contribution in [1.29, 1.82) is 0 Å². The summed E-state index contributed by atoms with van der Waals surface area (Å²) in [4.78, 5) is 27.3. The highest BCUT2D eigenvalue weighted by molar-refractivity contribution is 5.81. The topological polar surface area (TPSA) is 79.8 Å². The number of hydrogen-bond donors (Lipinski definition) is 0. The number of nitrogens with zero attached hydrogens (tertiary/aromatic N) is 3. The molecule has 0 spiro atoms. The number of rotatable bonds is 4. The molecule has 0 N–H and O–H groups in total. The molecule has 0 unspecified atom stereocenters. The van der Waals surface area contributed by atoms with Gasteiger partial charge in [0.05, 0.1) is 4.92 Å². The number of benzene rings is 2. The average Bonchev–Trinajstić information content (AvgIpc) is 2.70. The van der Waals surface area contributed by atoms with Crippen LogP contribution in [-0.4, -0.2) is 36.0 Å². The van der Waals surface area contributed by atoms with Gasteiger partial charge in [0.25, 0.3) is 5.69 Å². The predicted octanol–water partition coefficient (Wildman–Crippen LogP) is 3.64. The fraction of sp³-hybridized carbons (Fsp3) is 0.318. The minimum atomic E-state index is -0.339. The molecular weight excluding hydrogens is 370 g/mol. The minimum Gasteiger partial charge on any atom is -0.423 e. The summed E-state index contributed by atoms with van der Waals surface area (Å²) in [6.07, 6.45) is 0. The summed E-state index contributed by atoms with van der Waals surface area (Å²) in [5.41, 5.74) is 4.29. The van der Waals surface area contributed by atoms with Crippen LogP contribution in [0.1, 0.15) is 16.7 Å². The molecular formula is C22H23N3O4. The van der Waals surface area contributed by atoms with Gasteiger partial charge in [0.1, 0.15) is 11.3 Å². The average molecular weight is 393 g/mol. The summed E-state index contributed by atoms with van der Waals surface area (Å²) in [5, 5.41) is 12.3.